The van der Waals surface area contributed by atoms with E-state index >= 15 is 0 Å². The van der Waals surface area contributed by atoms with Crippen molar-refractivity contribution >= 4 is 41.0 Å². The van der Waals surface area contributed by atoms with Crippen molar-refractivity contribution in [2.75, 3.05) is 5.73 Å². The van der Waals surface area contributed by atoms with E-state index in [9.17, 15) is 24.6 Å². The van der Waals surface area contributed by atoms with E-state index < -0.39 is 40.0 Å². The zero-order valence-corrected chi connectivity index (χ0v) is 16.6. The first kappa shape index (κ1) is 21.2. The topological polar surface area (TPSA) is 143 Å². The number of halogens is 2. The van der Waals surface area contributed by atoms with Crippen LogP contribution in [0.4, 0.5) is 5.82 Å². The number of aromatic amines is 1. The summed E-state index contributed by atoms with van der Waals surface area (Å²) in [5, 5.41) is 19.8. The number of nitrogens with one attached hydrogen (secondary N) is 1. The van der Waals surface area contributed by atoms with Gasteiger partial charge in [0.05, 0.1) is 0 Å². The number of benzene rings is 2. The number of anilines is 1. The van der Waals surface area contributed by atoms with Crippen LogP contribution in [-0.4, -0.2) is 27.1 Å². The number of carboxylic acids is 2. The van der Waals surface area contributed by atoms with Crippen LogP contribution >= 0.6 is 23.2 Å². The van der Waals surface area contributed by atoms with Crippen LogP contribution in [0.25, 0.3) is 11.1 Å². The first-order chi connectivity index (χ1) is 14.2. The van der Waals surface area contributed by atoms with Gasteiger partial charge in [0.15, 0.2) is 0 Å². The van der Waals surface area contributed by atoms with Crippen LogP contribution < -0.4 is 16.0 Å². The van der Waals surface area contributed by atoms with Gasteiger partial charge in [0.25, 0.3) is 5.56 Å². The van der Waals surface area contributed by atoms with Crippen LogP contribution in [0.2, 0.25) is 10.0 Å². The lowest BCUT2D eigenvalue weighted by Gasteiger charge is -2.17. The zero-order valence-electron chi connectivity index (χ0n) is 15.1. The minimum atomic E-state index is -1.63. The minimum Gasteiger partial charge on any atom is -0.488 e. The molecular weight excluding hydrogens is 435 g/mol. The van der Waals surface area contributed by atoms with Crippen LogP contribution in [0.3, 0.4) is 0 Å². The van der Waals surface area contributed by atoms with Gasteiger partial charge in [-0.05, 0) is 24.3 Å². The molecule has 1 heterocycles. The second kappa shape index (κ2) is 8.48. The van der Waals surface area contributed by atoms with Crippen LogP contribution in [0, 0.1) is 0 Å². The summed E-state index contributed by atoms with van der Waals surface area (Å²) < 4.78 is 5.78. The molecule has 1 aromatic heterocycles. The molecule has 10 heteroatoms. The molecule has 154 valence electrons. The molecule has 0 spiro atoms. The Kier molecular flexibility index (Phi) is 6.00. The third kappa shape index (κ3) is 4.10. The molecule has 3 rings (SSSR count). The molecule has 8 nitrogen and oxygen atoms in total. The Morgan fingerprint density at radius 3 is 2.33 bits per heavy atom. The maximum absolute atomic E-state index is 12.3. The van der Waals surface area contributed by atoms with Crippen molar-refractivity contribution in [3.63, 3.8) is 0 Å². The van der Waals surface area contributed by atoms with Gasteiger partial charge in [0, 0.05) is 26.7 Å². The van der Waals surface area contributed by atoms with E-state index in [1.165, 1.54) is 18.2 Å². The Labute approximate surface area is 179 Å². The molecule has 0 unspecified atom stereocenters. The highest BCUT2D eigenvalue weighted by Gasteiger charge is 2.28. The fraction of sp³-hybridized carbons (Fsp3) is 0.0500. The highest BCUT2D eigenvalue weighted by Crippen LogP contribution is 2.38. The molecule has 5 N–H and O–H groups in total. The second-order valence-electron chi connectivity index (χ2n) is 6.12. The number of aromatic carboxylic acids is 2. The number of carboxylic acid groups (broad SMARTS) is 2. The van der Waals surface area contributed by atoms with Crippen molar-refractivity contribution in [1.29, 1.82) is 0 Å². The quantitative estimate of drug-likeness (QED) is 0.447. The molecule has 0 aliphatic carbocycles. The average Bonchev–Trinajstić information content (AvgIpc) is 2.66. The number of pyridine rings is 1. The Balaban J connectivity index is 2.25. The average molecular weight is 449 g/mol. The molecule has 30 heavy (non-hydrogen) atoms. The molecule has 2 aromatic carbocycles. The van der Waals surface area contributed by atoms with Crippen molar-refractivity contribution in [3.8, 4) is 16.9 Å². The number of hydrogen-bond acceptors (Lipinski definition) is 5. The molecule has 0 bridgehead atoms. The van der Waals surface area contributed by atoms with E-state index in [0.29, 0.717) is 10.6 Å². The lowest BCUT2D eigenvalue weighted by molar-refractivity contribution is 0.0695. The SMILES string of the molecule is Nc1[nH]c(=O)c(C(=O)O)c(-c2cc(Cl)ccc2OCc2ccccc2Cl)c1C(=O)O. The van der Waals surface area contributed by atoms with Gasteiger partial charge in [-0.3, -0.25) is 4.79 Å². The summed E-state index contributed by atoms with van der Waals surface area (Å²) in [6, 6.07) is 11.1. The van der Waals surface area contributed by atoms with Gasteiger partial charge in [0.2, 0.25) is 0 Å². The highest BCUT2D eigenvalue weighted by atomic mass is 35.5. The maximum atomic E-state index is 12.3. The Hall–Kier alpha value is -3.49. The number of rotatable bonds is 6. The number of hydrogen-bond donors (Lipinski definition) is 4. The number of H-pyrrole nitrogens is 1. The summed E-state index contributed by atoms with van der Waals surface area (Å²) >= 11 is 12.2. The molecule has 0 amide bonds. The van der Waals surface area contributed by atoms with E-state index in [1.807, 2.05) is 4.98 Å². The first-order valence-electron chi connectivity index (χ1n) is 8.39. The van der Waals surface area contributed by atoms with Crippen LogP contribution in [0.1, 0.15) is 26.3 Å². The summed E-state index contributed by atoms with van der Waals surface area (Å²) in [6.45, 7) is -0.00219. The molecule has 0 saturated heterocycles. The molecule has 0 radical (unpaired) electrons. The molecular formula is C20H14Cl2N2O6. The second-order valence-corrected chi connectivity index (χ2v) is 6.97. The van der Waals surface area contributed by atoms with E-state index in [-0.39, 0.29) is 22.9 Å². The lowest BCUT2D eigenvalue weighted by Crippen LogP contribution is -2.24. The maximum Gasteiger partial charge on any atom is 0.342 e. The Bertz CT molecular complexity index is 1220. The molecule has 0 aliphatic heterocycles. The van der Waals surface area contributed by atoms with Gasteiger partial charge in [-0.2, -0.15) is 0 Å². The van der Waals surface area contributed by atoms with E-state index in [4.69, 9.17) is 33.7 Å². The standard InChI is InChI=1S/C20H14Cl2N2O6/c21-10-5-6-13(30-8-9-3-1-2-4-12(9)22)11(7-10)14-15(19(26)27)17(23)24-18(25)16(14)20(28)29/h1-7H,8H2,(H,26,27)(H,28,29)(H3,23,24,25). The van der Waals surface area contributed by atoms with Crippen LogP contribution in [0.5, 0.6) is 5.75 Å². The molecule has 0 atom stereocenters. The summed E-state index contributed by atoms with van der Waals surface area (Å²) in [6.07, 6.45) is 0. The van der Waals surface area contributed by atoms with E-state index in [1.54, 1.807) is 24.3 Å². The van der Waals surface area contributed by atoms with E-state index in [0.717, 1.165) is 0 Å². The third-order valence-corrected chi connectivity index (χ3v) is 4.83. The zero-order chi connectivity index (χ0) is 22.0. The van der Waals surface area contributed by atoms with Crippen molar-refractivity contribution in [1.82, 2.24) is 4.98 Å². The number of carbonyl (C=O) groups is 2. The molecule has 0 aliphatic rings. The number of nitrogen functional groups attached to an aromatic ring is 1. The van der Waals surface area contributed by atoms with E-state index in [2.05, 4.69) is 0 Å². The predicted octanol–water partition coefficient (Wildman–Crippen LogP) is 3.91. The minimum absolute atomic E-state index is 0.00219. The summed E-state index contributed by atoms with van der Waals surface area (Å²) in [5.74, 6) is -3.57. The first-order valence-corrected chi connectivity index (χ1v) is 9.14. The Morgan fingerprint density at radius 1 is 1.03 bits per heavy atom. The third-order valence-electron chi connectivity index (χ3n) is 4.22. The normalized spacial score (nSPS) is 10.6. The van der Waals surface area contributed by atoms with Crippen molar-refractivity contribution in [2.45, 2.75) is 6.61 Å². The van der Waals surface area contributed by atoms with Gasteiger partial charge in [0.1, 0.15) is 29.3 Å². The van der Waals surface area contributed by atoms with Crippen LogP contribution in [-0.2, 0) is 6.61 Å². The van der Waals surface area contributed by atoms with Gasteiger partial charge in [-0.1, -0.05) is 41.4 Å². The summed E-state index contributed by atoms with van der Waals surface area (Å²) in [7, 11) is 0. The fourth-order valence-electron chi connectivity index (χ4n) is 2.91. The van der Waals surface area contributed by atoms with Crippen molar-refractivity contribution < 1.29 is 24.5 Å². The smallest absolute Gasteiger partial charge is 0.342 e. The predicted molar refractivity (Wildman–Crippen MR) is 112 cm³/mol. The lowest BCUT2D eigenvalue weighted by atomic mass is 9.94. The van der Waals surface area contributed by atoms with Crippen LogP contribution in [0.15, 0.2) is 47.3 Å². The van der Waals surface area contributed by atoms with Crippen molar-refractivity contribution in [2.24, 2.45) is 0 Å². The summed E-state index contributed by atoms with van der Waals surface area (Å²) in [4.78, 5) is 37.9. The highest BCUT2D eigenvalue weighted by molar-refractivity contribution is 6.31. The largest absolute Gasteiger partial charge is 0.488 e. The van der Waals surface area contributed by atoms with Gasteiger partial charge < -0.3 is 25.7 Å². The molecule has 0 fully saturated rings. The van der Waals surface area contributed by atoms with Gasteiger partial charge in [-0.25, -0.2) is 9.59 Å². The fourth-order valence-corrected chi connectivity index (χ4v) is 3.27. The van der Waals surface area contributed by atoms with Gasteiger partial charge >= 0.3 is 11.9 Å². The van der Waals surface area contributed by atoms with Crippen molar-refractivity contribution in [3.05, 3.63) is 79.6 Å². The van der Waals surface area contributed by atoms with Gasteiger partial charge in [-0.15, -0.1) is 0 Å². The molecule has 0 saturated carbocycles. The number of aromatic nitrogens is 1. The Morgan fingerprint density at radius 2 is 1.70 bits per heavy atom. The number of nitrogens with two attached hydrogens (primary N) is 1. The molecule has 3 aromatic rings. The summed E-state index contributed by atoms with van der Waals surface area (Å²) in [5.41, 5.74) is 3.46. The monoisotopic (exact) mass is 448 g/mol. The number of ether oxygens (including phenoxy) is 1.